The van der Waals surface area contributed by atoms with Gasteiger partial charge in [-0.15, -0.1) is 11.3 Å². The first-order valence-electron chi connectivity index (χ1n) is 7.03. The van der Waals surface area contributed by atoms with Crippen LogP contribution in [-0.4, -0.2) is 27.3 Å². The number of H-pyrrole nitrogens is 1. The van der Waals surface area contributed by atoms with Crippen LogP contribution in [0.25, 0.3) is 10.9 Å². The zero-order valence-corrected chi connectivity index (χ0v) is 14.3. The molecule has 0 bridgehead atoms. The fourth-order valence-electron chi connectivity index (χ4n) is 2.82. The Morgan fingerprint density at radius 3 is 3.13 bits per heavy atom. The highest BCUT2D eigenvalue weighted by molar-refractivity contribution is 9.10. The molecular formula is C15H12BrFN4OS. The van der Waals surface area contributed by atoms with Gasteiger partial charge in [-0.2, -0.15) is 0 Å². The Balaban J connectivity index is 1.66. The monoisotopic (exact) mass is 394 g/mol. The normalized spacial score (nSPS) is 14.3. The van der Waals surface area contributed by atoms with Gasteiger partial charge in [0.2, 0.25) is 0 Å². The van der Waals surface area contributed by atoms with Crippen molar-refractivity contribution in [3.05, 3.63) is 44.8 Å². The average molecular weight is 395 g/mol. The van der Waals surface area contributed by atoms with Crippen molar-refractivity contribution in [2.75, 3.05) is 12.3 Å². The topological polar surface area (TPSA) is 75.0 Å². The minimum absolute atomic E-state index is 0.105. The largest absolute Gasteiger partial charge is 0.375 e. The summed E-state index contributed by atoms with van der Waals surface area (Å²) in [5, 5.41) is 1.20. The Bertz CT molecular complexity index is 935. The van der Waals surface area contributed by atoms with E-state index >= 15 is 0 Å². The fourth-order valence-corrected chi connectivity index (χ4v) is 4.17. The average Bonchev–Trinajstić information content (AvgIpc) is 3.12. The smallest absolute Gasteiger partial charge is 0.270 e. The van der Waals surface area contributed by atoms with E-state index in [0.29, 0.717) is 40.2 Å². The van der Waals surface area contributed by atoms with Crippen LogP contribution in [0.1, 0.15) is 21.1 Å². The van der Waals surface area contributed by atoms with Gasteiger partial charge < -0.3 is 15.6 Å². The highest BCUT2D eigenvalue weighted by Crippen LogP contribution is 2.30. The van der Waals surface area contributed by atoms with E-state index in [2.05, 4.69) is 25.9 Å². The van der Waals surface area contributed by atoms with Crippen molar-refractivity contribution >= 4 is 49.2 Å². The van der Waals surface area contributed by atoms with Crippen molar-refractivity contribution < 1.29 is 9.18 Å². The minimum Gasteiger partial charge on any atom is -0.375 e. The first-order chi connectivity index (χ1) is 11.0. The number of anilines is 1. The number of amides is 1. The van der Waals surface area contributed by atoms with E-state index in [1.807, 2.05) is 0 Å². The second kappa shape index (κ2) is 5.31. The van der Waals surface area contributed by atoms with Gasteiger partial charge in [0.25, 0.3) is 5.91 Å². The molecule has 1 aliphatic rings. The third kappa shape index (κ3) is 2.42. The highest BCUT2D eigenvalue weighted by atomic mass is 79.9. The molecule has 3 aromatic rings. The maximum atomic E-state index is 13.6. The number of hydrogen-bond acceptors (Lipinski definition) is 4. The first-order valence-corrected chi connectivity index (χ1v) is 8.64. The predicted molar refractivity (Wildman–Crippen MR) is 90.9 cm³/mol. The van der Waals surface area contributed by atoms with E-state index in [4.69, 9.17) is 5.73 Å². The van der Waals surface area contributed by atoms with Crippen LogP contribution in [-0.2, 0) is 13.0 Å². The second-order valence-corrected chi connectivity index (χ2v) is 7.31. The number of nitrogen functional groups attached to an aromatic ring is 1. The SMILES string of the molecule is Nc1nc2c(s1)CN(C(=O)c1cc3c(Br)c(F)ccc3[nH]1)CC2. The molecule has 8 heteroatoms. The Morgan fingerprint density at radius 2 is 2.30 bits per heavy atom. The van der Waals surface area contributed by atoms with E-state index in [-0.39, 0.29) is 11.7 Å². The highest BCUT2D eigenvalue weighted by Gasteiger charge is 2.25. The number of rotatable bonds is 1. The van der Waals surface area contributed by atoms with E-state index in [0.717, 1.165) is 16.1 Å². The van der Waals surface area contributed by atoms with Crippen molar-refractivity contribution in [1.29, 1.82) is 0 Å². The molecule has 2 aromatic heterocycles. The number of thiazole rings is 1. The summed E-state index contributed by atoms with van der Waals surface area (Å²) < 4.78 is 14.0. The summed E-state index contributed by atoms with van der Waals surface area (Å²) in [6, 6.07) is 4.68. The Kier molecular flexibility index (Phi) is 3.38. The Labute approximate surface area is 143 Å². The van der Waals surface area contributed by atoms with Crippen LogP contribution >= 0.6 is 27.3 Å². The van der Waals surface area contributed by atoms with E-state index in [1.165, 1.54) is 17.4 Å². The van der Waals surface area contributed by atoms with Crippen LogP contribution in [0.15, 0.2) is 22.7 Å². The minimum atomic E-state index is -0.349. The lowest BCUT2D eigenvalue weighted by Gasteiger charge is -2.25. The number of carbonyl (C=O) groups is 1. The molecule has 3 N–H and O–H groups in total. The van der Waals surface area contributed by atoms with Crippen molar-refractivity contribution in [1.82, 2.24) is 14.9 Å². The number of benzene rings is 1. The van der Waals surface area contributed by atoms with Crippen LogP contribution in [0.3, 0.4) is 0 Å². The standard InChI is InChI=1S/C15H12BrFN4OS/c16-13-7-5-11(19-9(7)2-1-8(13)17)14(22)21-4-3-10-12(6-21)23-15(18)20-10/h1-2,5,19H,3-4,6H2,(H2,18,20). The lowest BCUT2D eigenvalue weighted by Crippen LogP contribution is -2.35. The van der Waals surface area contributed by atoms with Gasteiger partial charge in [-0.05, 0) is 34.1 Å². The van der Waals surface area contributed by atoms with Crippen molar-refractivity contribution in [3.63, 3.8) is 0 Å². The van der Waals surface area contributed by atoms with Crippen molar-refractivity contribution in [3.8, 4) is 0 Å². The molecule has 5 nitrogen and oxygen atoms in total. The third-order valence-corrected chi connectivity index (χ3v) is 5.67. The maximum absolute atomic E-state index is 13.6. The quantitative estimate of drug-likeness (QED) is 0.664. The summed E-state index contributed by atoms with van der Waals surface area (Å²) in [6.45, 7) is 1.10. The molecule has 0 atom stereocenters. The molecule has 0 spiro atoms. The summed E-state index contributed by atoms with van der Waals surface area (Å²) in [5.74, 6) is -0.454. The van der Waals surface area contributed by atoms with Crippen molar-refractivity contribution in [2.24, 2.45) is 0 Å². The lowest BCUT2D eigenvalue weighted by atomic mass is 10.1. The van der Waals surface area contributed by atoms with E-state index in [1.54, 1.807) is 17.0 Å². The van der Waals surface area contributed by atoms with Gasteiger partial charge >= 0.3 is 0 Å². The number of aromatic amines is 1. The predicted octanol–water partition coefficient (Wildman–Crippen LogP) is 3.31. The lowest BCUT2D eigenvalue weighted by molar-refractivity contribution is 0.0731. The summed E-state index contributed by atoms with van der Waals surface area (Å²) in [5.41, 5.74) is 7.89. The molecule has 4 rings (SSSR count). The molecule has 1 amide bonds. The molecular weight excluding hydrogens is 383 g/mol. The van der Waals surface area contributed by atoms with E-state index in [9.17, 15) is 9.18 Å². The zero-order chi connectivity index (χ0) is 16.1. The van der Waals surface area contributed by atoms with Crippen LogP contribution in [0, 0.1) is 5.82 Å². The number of nitrogens with two attached hydrogens (primary N) is 1. The van der Waals surface area contributed by atoms with Gasteiger partial charge in [-0.3, -0.25) is 4.79 Å². The number of nitrogens with one attached hydrogen (secondary N) is 1. The third-order valence-electron chi connectivity index (χ3n) is 3.96. The molecule has 0 radical (unpaired) electrons. The molecule has 0 fully saturated rings. The number of nitrogens with zero attached hydrogens (tertiary/aromatic N) is 2. The number of aromatic nitrogens is 2. The van der Waals surface area contributed by atoms with Crippen LogP contribution < -0.4 is 5.73 Å². The molecule has 1 aliphatic heterocycles. The molecule has 0 saturated heterocycles. The number of carbonyl (C=O) groups excluding carboxylic acids is 1. The van der Waals surface area contributed by atoms with E-state index < -0.39 is 0 Å². The molecule has 0 unspecified atom stereocenters. The summed E-state index contributed by atoms with van der Waals surface area (Å²) >= 11 is 4.64. The first kappa shape index (κ1) is 14.6. The zero-order valence-electron chi connectivity index (χ0n) is 11.9. The van der Waals surface area contributed by atoms with Crippen LogP contribution in [0.2, 0.25) is 0 Å². The molecule has 23 heavy (non-hydrogen) atoms. The number of halogens is 2. The fraction of sp³-hybridized carbons (Fsp3) is 0.200. The molecule has 118 valence electrons. The summed E-state index contributed by atoms with van der Waals surface area (Å²) in [7, 11) is 0. The molecule has 3 heterocycles. The van der Waals surface area contributed by atoms with Gasteiger partial charge in [-0.1, -0.05) is 0 Å². The van der Waals surface area contributed by atoms with Crippen LogP contribution in [0.4, 0.5) is 9.52 Å². The van der Waals surface area contributed by atoms with Gasteiger partial charge in [-0.25, -0.2) is 9.37 Å². The Morgan fingerprint density at radius 1 is 1.48 bits per heavy atom. The number of fused-ring (bicyclic) bond motifs is 2. The molecule has 0 aliphatic carbocycles. The molecule has 0 saturated carbocycles. The van der Waals surface area contributed by atoms with Gasteiger partial charge in [0, 0.05) is 28.7 Å². The second-order valence-electron chi connectivity index (χ2n) is 5.40. The summed E-state index contributed by atoms with van der Waals surface area (Å²) in [6.07, 6.45) is 0.702. The van der Waals surface area contributed by atoms with Gasteiger partial charge in [0.15, 0.2) is 5.13 Å². The van der Waals surface area contributed by atoms with Gasteiger partial charge in [0.1, 0.15) is 11.5 Å². The van der Waals surface area contributed by atoms with Crippen LogP contribution in [0.5, 0.6) is 0 Å². The maximum Gasteiger partial charge on any atom is 0.270 e. The Hall–Kier alpha value is -1.93. The van der Waals surface area contributed by atoms with Gasteiger partial charge in [0.05, 0.1) is 16.7 Å². The summed E-state index contributed by atoms with van der Waals surface area (Å²) in [4.78, 5) is 22.9. The van der Waals surface area contributed by atoms with Crippen molar-refractivity contribution in [2.45, 2.75) is 13.0 Å². The number of hydrogen-bond donors (Lipinski definition) is 2. The molecule has 1 aromatic carbocycles.